The van der Waals surface area contributed by atoms with Gasteiger partial charge in [-0.3, -0.25) is 9.36 Å². The zero-order chi connectivity index (χ0) is 16.9. The Morgan fingerprint density at radius 3 is 2.88 bits per heavy atom. The molecule has 2 aromatic rings. The summed E-state index contributed by atoms with van der Waals surface area (Å²) >= 11 is 0. The summed E-state index contributed by atoms with van der Waals surface area (Å²) in [6.07, 6.45) is 3.01. The highest BCUT2D eigenvalue weighted by molar-refractivity contribution is 5.76. The highest BCUT2D eigenvalue weighted by Crippen LogP contribution is 2.24. The van der Waals surface area contributed by atoms with Crippen molar-refractivity contribution in [3.8, 4) is 5.75 Å². The number of piperazine rings is 1. The summed E-state index contributed by atoms with van der Waals surface area (Å²) in [7, 11) is 1.62. The third kappa shape index (κ3) is 3.46. The van der Waals surface area contributed by atoms with Crippen molar-refractivity contribution in [1.29, 1.82) is 0 Å². The number of nitrogens with one attached hydrogen (secondary N) is 1. The van der Waals surface area contributed by atoms with Crippen molar-refractivity contribution < 1.29 is 9.53 Å². The van der Waals surface area contributed by atoms with Crippen LogP contribution in [-0.4, -0.2) is 47.1 Å². The molecule has 0 spiro atoms. The molecule has 0 saturated carbocycles. The molecule has 1 aromatic heterocycles. The Balaban J connectivity index is 1.79. The lowest BCUT2D eigenvalue weighted by atomic mass is 10.0. The number of benzene rings is 1. The normalized spacial score (nSPS) is 17.5. The number of hydrogen-bond donors (Lipinski definition) is 1. The Kier molecular flexibility index (Phi) is 4.90. The highest BCUT2D eigenvalue weighted by atomic mass is 16.5. The second kappa shape index (κ2) is 7.27. The Morgan fingerprint density at radius 1 is 1.38 bits per heavy atom. The number of carbonyl (C=O) groups is 1. The summed E-state index contributed by atoms with van der Waals surface area (Å²) in [6.45, 7) is 2.02. The van der Waals surface area contributed by atoms with Gasteiger partial charge in [0.25, 0.3) is 0 Å². The zero-order valence-corrected chi connectivity index (χ0v) is 13.5. The second-order valence-corrected chi connectivity index (χ2v) is 5.61. The number of methoxy groups -OCH3 is 1. The van der Waals surface area contributed by atoms with Crippen LogP contribution in [0.3, 0.4) is 0 Å². The average molecular weight is 328 g/mol. The summed E-state index contributed by atoms with van der Waals surface area (Å²) in [6, 6.07) is 9.29. The van der Waals surface area contributed by atoms with Crippen LogP contribution in [0.1, 0.15) is 11.6 Å². The van der Waals surface area contributed by atoms with Gasteiger partial charge in [-0.1, -0.05) is 12.1 Å². The number of carbonyl (C=O) groups excluding carboxylic acids is 1. The molecule has 0 bridgehead atoms. The molecule has 1 fully saturated rings. The number of hydrogen-bond acceptors (Lipinski definition) is 5. The van der Waals surface area contributed by atoms with Crippen LogP contribution < -0.4 is 15.7 Å². The van der Waals surface area contributed by atoms with Gasteiger partial charge in [0, 0.05) is 32.0 Å². The van der Waals surface area contributed by atoms with E-state index < -0.39 is 5.69 Å². The first-order valence-corrected chi connectivity index (χ1v) is 7.84. The van der Waals surface area contributed by atoms with Crippen LogP contribution in [0.25, 0.3) is 0 Å². The zero-order valence-electron chi connectivity index (χ0n) is 13.5. The van der Waals surface area contributed by atoms with Crippen molar-refractivity contribution in [1.82, 2.24) is 19.8 Å². The summed E-state index contributed by atoms with van der Waals surface area (Å²) in [5, 5.41) is 3.32. The maximum atomic E-state index is 12.7. The van der Waals surface area contributed by atoms with Gasteiger partial charge in [-0.2, -0.15) is 0 Å². The second-order valence-electron chi connectivity index (χ2n) is 5.61. The molecule has 7 nitrogen and oxygen atoms in total. The first-order valence-electron chi connectivity index (χ1n) is 7.84. The molecule has 126 valence electrons. The molecule has 1 aliphatic heterocycles. The largest absolute Gasteiger partial charge is 0.497 e. The molecule has 2 heterocycles. The maximum Gasteiger partial charge on any atom is 0.347 e. The minimum atomic E-state index is -0.415. The Labute approximate surface area is 139 Å². The lowest BCUT2D eigenvalue weighted by Crippen LogP contribution is -2.50. The van der Waals surface area contributed by atoms with Crippen LogP contribution in [0.15, 0.2) is 47.5 Å². The first-order chi connectivity index (χ1) is 11.7. The monoisotopic (exact) mass is 328 g/mol. The van der Waals surface area contributed by atoms with Crippen molar-refractivity contribution >= 4 is 5.91 Å². The molecule has 1 N–H and O–H groups in total. The average Bonchev–Trinajstić information content (AvgIpc) is 2.63. The molecule has 1 aromatic carbocycles. The number of rotatable bonds is 4. The van der Waals surface area contributed by atoms with E-state index in [0.29, 0.717) is 13.1 Å². The quantitative estimate of drug-likeness (QED) is 0.880. The highest BCUT2D eigenvalue weighted by Gasteiger charge is 2.28. The van der Waals surface area contributed by atoms with Crippen LogP contribution in [0.5, 0.6) is 5.75 Å². The molecule has 1 aliphatic rings. The fraction of sp³-hybridized carbons (Fsp3) is 0.353. The van der Waals surface area contributed by atoms with E-state index in [9.17, 15) is 9.59 Å². The van der Waals surface area contributed by atoms with E-state index in [1.165, 1.54) is 10.8 Å². The number of nitrogens with zero attached hydrogens (tertiary/aromatic N) is 3. The fourth-order valence-electron chi connectivity index (χ4n) is 2.87. The maximum absolute atomic E-state index is 12.7. The van der Waals surface area contributed by atoms with Crippen LogP contribution in [0.4, 0.5) is 0 Å². The van der Waals surface area contributed by atoms with Crippen molar-refractivity contribution in [2.24, 2.45) is 0 Å². The van der Waals surface area contributed by atoms with Gasteiger partial charge < -0.3 is 15.0 Å². The van der Waals surface area contributed by atoms with Crippen LogP contribution in [0, 0.1) is 0 Å². The summed E-state index contributed by atoms with van der Waals surface area (Å²) in [5.74, 6) is 0.690. The van der Waals surface area contributed by atoms with Gasteiger partial charge in [0.15, 0.2) is 0 Å². The standard InChI is InChI=1S/C17H20N4O3/c1-24-14-5-3-13(4-6-14)15-11-18-8-10-21(15)16(22)12-20-9-2-7-19-17(20)23/h2-7,9,15,18H,8,10-12H2,1H3/t15-/m1/s1. The molecule has 0 radical (unpaired) electrons. The van der Waals surface area contributed by atoms with Gasteiger partial charge in [-0.05, 0) is 23.8 Å². The van der Waals surface area contributed by atoms with E-state index in [4.69, 9.17) is 4.74 Å². The third-order valence-electron chi connectivity index (χ3n) is 4.15. The fourth-order valence-corrected chi connectivity index (χ4v) is 2.87. The van der Waals surface area contributed by atoms with E-state index in [1.54, 1.807) is 19.4 Å². The topological polar surface area (TPSA) is 76.5 Å². The van der Waals surface area contributed by atoms with Crippen molar-refractivity contribution in [2.45, 2.75) is 12.6 Å². The molecule has 0 aliphatic carbocycles. The molecule has 1 amide bonds. The van der Waals surface area contributed by atoms with Gasteiger partial charge in [0.1, 0.15) is 12.3 Å². The molecular weight excluding hydrogens is 308 g/mol. The molecule has 0 unspecified atom stereocenters. The van der Waals surface area contributed by atoms with Crippen molar-refractivity contribution in [3.63, 3.8) is 0 Å². The van der Waals surface area contributed by atoms with Crippen LogP contribution >= 0.6 is 0 Å². The van der Waals surface area contributed by atoms with Gasteiger partial charge in [-0.15, -0.1) is 0 Å². The van der Waals surface area contributed by atoms with Crippen LogP contribution in [0.2, 0.25) is 0 Å². The summed E-state index contributed by atoms with van der Waals surface area (Å²) < 4.78 is 6.51. The summed E-state index contributed by atoms with van der Waals surface area (Å²) in [4.78, 5) is 29.9. The van der Waals surface area contributed by atoms with Gasteiger partial charge >= 0.3 is 5.69 Å². The summed E-state index contributed by atoms with van der Waals surface area (Å²) in [5.41, 5.74) is 0.622. The SMILES string of the molecule is COc1ccc([C@H]2CNCCN2C(=O)Cn2cccnc2=O)cc1. The molecular formula is C17H20N4O3. The molecule has 1 saturated heterocycles. The predicted octanol–water partition coefficient (Wildman–Crippen LogP) is 0.425. The van der Waals surface area contributed by atoms with Crippen molar-refractivity contribution in [3.05, 3.63) is 58.8 Å². The molecule has 3 rings (SSSR count). The van der Waals surface area contributed by atoms with Crippen LogP contribution in [-0.2, 0) is 11.3 Å². The first kappa shape index (κ1) is 16.2. The Hall–Kier alpha value is -2.67. The minimum Gasteiger partial charge on any atom is -0.497 e. The minimum absolute atomic E-state index is 0.000667. The number of ether oxygens (including phenoxy) is 1. The Bertz CT molecular complexity index is 757. The van der Waals surface area contributed by atoms with E-state index in [0.717, 1.165) is 17.9 Å². The van der Waals surface area contributed by atoms with E-state index in [2.05, 4.69) is 10.3 Å². The van der Waals surface area contributed by atoms with E-state index in [1.807, 2.05) is 29.2 Å². The van der Waals surface area contributed by atoms with E-state index in [-0.39, 0.29) is 18.5 Å². The molecule has 24 heavy (non-hydrogen) atoms. The number of amides is 1. The van der Waals surface area contributed by atoms with Gasteiger partial charge in [-0.25, -0.2) is 9.78 Å². The smallest absolute Gasteiger partial charge is 0.347 e. The van der Waals surface area contributed by atoms with Gasteiger partial charge in [0.05, 0.1) is 13.2 Å². The van der Waals surface area contributed by atoms with Gasteiger partial charge in [0.2, 0.25) is 5.91 Å². The number of aromatic nitrogens is 2. The van der Waals surface area contributed by atoms with Crippen molar-refractivity contribution in [2.75, 3.05) is 26.7 Å². The molecule has 1 atom stereocenters. The Morgan fingerprint density at radius 2 is 2.17 bits per heavy atom. The predicted molar refractivity (Wildman–Crippen MR) is 88.8 cm³/mol. The third-order valence-corrected chi connectivity index (χ3v) is 4.15. The lowest BCUT2D eigenvalue weighted by molar-refractivity contribution is -0.135. The molecule has 7 heteroatoms. The lowest BCUT2D eigenvalue weighted by Gasteiger charge is -2.36. The van der Waals surface area contributed by atoms with E-state index >= 15 is 0 Å².